The van der Waals surface area contributed by atoms with Gasteiger partial charge in [0, 0.05) is 44.7 Å². The molecule has 29 heavy (non-hydrogen) atoms. The SMILES string of the molecule is CCNC(=NCc1ccc(C(=O)N(C)C)cc1)N(C)Cc1ccc(SC)cc1.I. The van der Waals surface area contributed by atoms with Crippen LogP contribution in [0.15, 0.2) is 58.4 Å². The molecule has 0 spiro atoms. The Kier molecular flexibility index (Phi) is 11.1. The number of benzene rings is 2. The molecule has 2 aromatic rings. The van der Waals surface area contributed by atoms with E-state index >= 15 is 0 Å². The van der Waals surface area contributed by atoms with Gasteiger partial charge in [-0.05, 0) is 48.6 Å². The highest BCUT2D eigenvalue weighted by Gasteiger charge is 2.09. The molecule has 1 N–H and O–H groups in total. The molecule has 5 nitrogen and oxygen atoms in total. The summed E-state index contributed by atoms with van der Waals surface area (Å²) in [5.74, 6) is 0.875. The number of nitrogens with one attached hydrogen (secondary N) is 1. The van der Waals surface area contributed by atoms with E-state index in [-0.39, 0.29) is 29.9 Å². The van der Waals surface area contributed by atoms with Crippen molar-refractivity contribution in [2.75, 3.05) is 33.9 Å². The second-order valence-corrected chi connectivity index (χ2v) is 7.65. The van der Waals surface area contributed by atoms with E-state index in [1.807, 2.05) is 31.3 Å². The number of aliphatic imine (C=N–C) groups is 1. The Morgan fingerprint density at radius 3 is 2.10 bits per heavy atom. The van der Waals surface area contributed by atoms with Crippen LogP contribution >= 0.6 is 35.7 Å². The minimum absolute atomic E-state index is 0. The minimum atomic E-state index is 0. The molecule has 158 valence electrons. The molecule has 7 heteroatoms. The van der Waals surface area contributed by atoms with Crippen molar-refractivity contribution in [3.05, 3.63) is 65.2 Å². The largest absolute Gasteiger partial charge is 0.357 e. The van der Waals surface area contributed by atoms with Gasteiger partial charge in [0.2, 0.25) is 0 Å². The lowest BCUT2D eigenvalue weighted by molar-refractivity contribution is 0.0827. The molecule has 0 aromatic heterocycles. The van der Waals surface area contributed by atoms with E-state index in [1.54, 1.807) is 30.8 Å². The van der Waals surface area contributed by atoms with E-state index in [9.17, 15) is 4.79 Å². The van der Waals surface area contributed by atoms with Crippen molar-refractivity contribution in [3.63, 3.8) is 0 Å². The van der Waals surface area contributed by atoms with Crippen LogP contribution in [0.2, 0.25) is 0 Å². The summed E-state index contributed by atoms with van der Waals surface area (Å²) in [6.07, 6.45) is 2.08. The molecular weight excluding hydrogens is 495 g/mol. The van der Waals surface area contributed by atoms with Gasteiger partial charge in [-0.3, -0.25) is 4.79 Å². The highest BCUT2D eigenvalue weighted by molar-refractivity contribution is 14.0. The van der Waals surface area contributed by atoms with Gasteiger partial charge in [-0.1, -0.05) is 24.3 Å². The summed E-state index contributed by atoms with van der Waals surface area (Å²) in [6, 6.07) is 16.3. The van der Waals surface area contributed by atoms with Gasteiger partial charge < -0.3 is 15.1 Å². The zero-order valence-electron chi connectivity index (χ0n) is 17.8. The topological polar surface area (TPSA) is 47.9 Å². The average molecular weight is 526 g/mol. The first kappa shape index (κ1) is 25.3. The second-order valence-electron chi connectivity index (χ2n) is 6.77. The van der Waals surface area contributed by atoms with Crippen molar-refractivity contribution in [1.29, 1.82) is 0 Å². The van der Waals surface area contributed by atoms with E-state index in [2.05, 4.69) is 47.7 Å². The first-order valence-electron chi connectivity index (χ1n) is 9.37. The molecule has 2 aromatic carbocycles. The van der Waals surface area contributed by atoms with Crippen LogP contribution in [0.1, 0.15) is 28.4 Å². The summed E-state index contributed by atoms with van der Waals surface area (Å²) in [4.78, 5) is 21.7. The lowest BCUT2D eigenvalue weighted by atomic mass is 10.1. The van der Waals surface area contributed by atoms with E-state index in [4.69, 9.17) is 4.99 Å². The van der Waals surface area contributed by atoms with Gasteiger partial charge in [-0.2, -0.15) is 0 Å². The summed E-state index contributed by atoms with van der Waals surface area (Å²) in [6.45, 7) is 4.23. The van der Waals surface area contributed by atoms with Gasteiger partial charge in [0.25, 0.3) is 5.91 Å². The normalized spacial score (nSPS) is 10.9. The number of guanidine groups is 1. The molecule has 0 unspecified atom stereocenters. The van der Waals surface area contributed by atoms with Crippen LogP contribution in [-0.2, 0) is 13.1 Å². The van der Waals surface area contributed by atoms with Crippen LogP contribution in [0.25, 0.3) is 0 Å². The molecule has 0 atom stereocenters. The third-order valence-corrected chi connectivity index (χ3v) is 5.04. The van der Waals surface area contributed by atoms with Gasteiger partial charge in [0.05, 0.1) is 6.54 Å². The highest BCUT2D eigenvalue weighted by Crippen LogP contribution is 2.15. The summed E-state index contributed by atoms with van der Waals surface area (Å²) >= 11 is 1.75. The molecule has 0 bridgehead atoms. The Bertz CT molecular complexity index is 791. The predicted octanol–water partition coefficient (Wildman–Crippen LogP) is 4.33. The third-order valence-electron chi connectivity index (χ3n) is 4.29. The number of amides is 1. The Hall–Kier alpha value is -1.74. The number of rotatable bonds is 7. The molecule has 0 aliphatic carbocycles. The third kappa shape index (κ3) is 7.89. The summed E-state index contributed by atoms with van der Waals surface area (Å²) in [5, 5.41) is 3.35. The molecule has 0 fully saturated rings. The van der Waals surface area contributed by atoms with E-state index < -0.39 is 0 Å². The van der Waals surface area contributed by atoms with E-state index in [0.29, 0.717) is 12.1 Å². The number of carbonyl (C=O) groups excluding carboxylic acids is 1. The fourth-order valence-electron chi connectivity index (χ4n) is 2.73. The highest BCUT2D eigenvalue weighted by atomic mass is 127. The zero-order valence-corrected chi connectivity index (χ0v) is 21.0. The number of hydrogen-bond acceptors (Lipinski definition) is 3. The van der Waals surface area contributed by atoms with Crippen LogP contribution < -0.4 is 5.32 Å². The fraction of sp³-hybridized carbons (Fsp3) is 0.364. The molecule has 1 amide bonds. The lowest BCUT2D eigenvalue weighted by Gasteiger charge is -2.22. The zero-order chi connectivity index (χ0) is 20.5. The minimum Gasteiger partial charge on any atom is -0.357 e. The summed E-state index contributed by atoms with van der Waals surface area (Å²) < 4.78 is 0. The van der Waals surface area contributed by atoms with Gasteiger partial charge in [0.15, 0.2) is 5.96 Å². The number of nitrogens with zero attached hydrogens (tertiary/aromatic N) is 3. The van der Waals surface area contributed by atoms with Crippen molar-refractivity contribution in [2.24, 2.45) is 4.99 Å². The first-order chi connectivity index (χ1) is 13.4. The standard InChI is InChI=1S/C22H30N4OS.HI/c1-6-23-22(26(4)16-18-9-13-20(28-5)14-10-18)24-15-17-7-11-19(12-8-17)21(27)25(2)3;/h7-14H,6,15-16H2,1-5H3,(H,23,24);1H. The monoisotopic (exact) mass is 526 g/mol. The first-order valence-corrected chi connectivity index (χ1v) is 10.6. The molecule has 0 saturated carbocycles. The number of carbonyl (C=O) groups is 1. The van der Waals surface area contributed by atoms with Crippen LogP contribution in [0.4, 0.5) is 0 Å². The average Bonchev–Trinajstić information content (AvgIpc) is 2.71. The molecule has 2 rings (SSSR count). The molecule has 0 aliphatic heterocycles. The van der Waals surface area contributed by atoms with Crippen LogP contribution in [0.5, 0.6) is 0 Å². The quantitative estimate of drug-likeness (QED) is 0.253. The van der Waals surface area contributed by atoms with Crippen molar-refractivity contribution in [2.45, 2.75) is 24.9 Å². The maximum atomic E-state index is 12.0. The van der Waals surface area contributed by atoms with E-state index in [0.717, 1.165) is 24.6 Å². The maximum Gasteiger partial charge on any atom is 0.253 e. The molecule has 0 heterocycles. The maximum absolute atomic E-state index is 12.0. The van der Waals surface area contributed by atoms with Crippen molar-refractivity contribution in [3.8, 4) is 0 Å². The Labute approximate surface area is 196 Å². The Morgan fingerprint density at radius 1 is 1.00 bits per heavy atom. The Morgan fingerprint density at radius 2 is 1.59 bits per heavy atom. The van der Waals surface area contributed by atoms with Crippen molar-refractivity contribution in [1.82, 2.24) is 15.1 Å². The smallest absolute Gasteiger partial charge is 0.253 e. The second kappa shape index (κ2) is 12.7. The van der Waals surface area contributed by atoms with Crippen LogP contribution in [0.3, 0.4) is 0 Å². The molecular formula is C22H31IN4OS. The van der Waals surface area contributed by atoms with Crippen LogP contribution in [0, 0.1) is 0 Å². The lowest BCUT2D eigenvalue weighted by Crippen LogP contribution is -2.38. The van der Waals surface area contributed by atoms with Gasteiger partial charge in [0.1, 0.15) is 0 Å². The number of hydrogen-bond donors (Lipinski definition) is 1. The Balaban J connectivity index is 0.00000420. The number of halogens is 1. The molecule has 0 aliphatic rings. The molecule has 0 radical (unpaired) electrons. The van der Waals surface area contributed by atoms with Gasteiger partial charge in [-0.15, -0.1) is 35.7 Å². The predicted molar refractivity (Wildman–Crippen MR) is 134 cm³/mol. The van der Waals surface area contributed by atoms with Crippen LogP contribution in [-0.4, -0.2) is 55.6 Å². The molecule has 0 saturated heterocycles. The van der Waals surface area contributed by atoms with E-state index in [1.165, 1.54) is 10.5 Å². The van der Waals surface area contributed by atoms with Gasteiger partial charge in [-0.25, -0.2) is 4.99 Å². The van der Waals surface area contributed by atoms with Gasteiger partial charge >= 0.3 is 0 Å². The van der Waals surface area contributed by atoms with Crippen molar-refractivity contribution >= 4 is 47.6 Å². The number of thioether (sulfide) groups is 1. The summed E-state index contributed by atoms with van der Waals surface area (Å²) in [7, 11) is 5.56. The summed E-state index contributed by atoms with van der Waals surface area (Å²) in [5.41, 5.74) is 3.01. The fourth-order valence-corrected chi connectivity index (χ4v) is 3.13. The van der Waals surface area contributed by atoms with Crippen molar-refractivity contribution < 1.29 is 4.79 Å².